The first-order chi connectivity index (χ1) is 5.43. The van der Waals surface area contributed by atoms with E-state index in [2.05, 4.69) is 4.98 Å². The Morgan fingerprint density at radius 3 is 2.73 bits per heavy atom. The van der Waals surface area contributed by atoms with Gasteiger partial charge in [-0.1, -0.05) is 0 Å². The van der Waals surface area contributed by atoms with Crippen LogP contribution in [0.5, 0.6) is 0 Å². The number of hydrogen-bond acceptors (Lipinski definition) is 2. The molecule has 57 valence electrons. The highest BCUT2D eigenvalue weighted by molar-refractivity contribution is 5.50. The van der Waals surface area contributed by atoms with Gasteiger partial charge in [0.1, 0.15) is 0 Å². The summed E-state index contributed by atoms with van der Waals surface area (Å²) in [5, 5.41) is 0. The molecule has 1 radical (unpaired) electrons. The van der Waals surface area contributed by atoms with Crippen molar-refractivity contribution in [2.45, 2.75) is 19.3 Å². The van der Waals surface area contributed by atoms with Gasteiger partial charge < -0.3 is 0 Å². The van der Waals surface area contributed by atoms with Crippen LogP contribution in [0.1, 0.15) is 18.4 Å². The van der Waals surface area contributed by atoms with E-state index in [4.69, 9.17) is 0 Å². The lowest BCUT2D eigenvalue weighted by atomic mass is 10.1. The highest BCUT2D eigenvalue weighted by Crippen LogP contribution is 2.01. The fraction of sp³-hybridized carbons (Fsp3) is 0.333. The Bertz CT molecular complexity index is 208. The second-order valence-corrected chi connectivity index (χ2v) is 2.35. The van der Waals surface area contributed by atoms with Gasteiger partial charge in [-0.2, -0.15) is 0 Å². The minimum absolute atomic E-state index is 0.530. The molecule has 0 saturated carbocycles. The predicted octanol–water partition coefficient (Wildman–Crippen LogP) is 1.51. The topological polar surface area (TPSA) is 30.0 Å². The maximum absolute atomic E-state index is 9.86. The standard InChI is InChI=1S/C9H10NO/c11-8-2-1-3-9-4-6-10-7-5-9/h4-7H,1-3H2. The molecule has 2 heteroatoms. The summed E-state index contributed by atoms with van der Waals surface area (Å²) in [6, 6.07) is 3.93. The Hall–Kier alpha value is -1.18. The molecule has 0 unspecified atom stereocenters. The number of unbranched alkanes of at least 4 members (excludes halogenated alkanes) is 1. The van der Waals surface area contributed by atoms with Gasteiger partial charge in [0.15, 0.2) is 6.29 Å². The van der Waals surface area contributed by atoms with Crippen molar-refractivity contribution < 1.29 is 4.79 Å². The first kappa shape index (κ1) is 7.92. The largest absolute Gasteiger partial charge is 0.291 e. The molecule has 0 aliphatic carbocycles. The molecule has 0 bridgehead atoms. The Balaban J connectivity index is 2.33. The van der Waals surface area contributed by atoms with Gasteiger partial charge in [0.25, 0.3) is 0 Å². The summed E-state index contributed by atoms with van der Waals surface area (Å²) in [6.45, 7) is 0. The molecule has 0 aliphatic rings. The van der Waals surface area contributed by atoms with Crippen LogP contribution in [0.4, 0.5) is 0 Å². The first-order valence-corrected chi connectivity index (χ1v) is 3.67. The van der Waals surface area contributed by atoms with E-state index in [-0.39, 0.29) is 0 Å². The molecule has 0 spiro atoms. The molecule has 0 aromatic carbocycles. The number of aromatic nitrogens is 1. The lowest BCUT2D eigenvalue weighted by molar-refractivity contribution is 0.548. The smallest absolute Gasteiger partial charge is 0.198 e. The van der Waals surface area contributed by atoms with Gasteiger partial charge in [-0.05, 0) is 30.5 Å². The third kappa shape index (κ3) is 2.94. The van der Waals surface area contributed by atoms with E-state index in [1.54, 1.807) is 12.4 Å². The van der Waals surface area contributed by atoms with Crippen LogP contribution in [0.25, 0.3) is 0 Å². The lowest BCUT2D eigenvalue weighted by Gasteiger charge is -1.95. The van der Waals surface area contributed by atoms with Gasteiger partial charge in [0, 0.05) is 18.8 Å². The van der Waals surface area contributed by atoms with Crippen LogP contribution in [0.2, 0.25) is 0 Å². The maximum Gasteiger partial charge on any atom is 0.198 e. The molecule has 0 atom stereocenters. The minimum Gasteiger partial charge on any atom is -0.291 e. The van der Waals surface area contributed by atoms with E-state index < -0.39 is 0 Å². The van der Waals surface area contributed by atoms with E-state index >= 15 is 0 Å². The summed E-state index contributed by atoms with van der Waals surface area (Å²) in [5.74, 6) is 0. The first-order valence-electron chi connectivity index (χ1n) is 3.67. The number of hydrogen-bond donors (Lipinski definition) is 0. The Morgan fingerprint density at radius 2 is 2.09 bits per heavy atom. The second-order valence-electron chi connectivity index (χ2n) is 2.35. The van der Waals surface area contributed by atoms with Crippen LogP contribution in [0, 0.1) is 0 Å². The van der Waals surface area contributed by atoms with Crippen molar-refractivity contribution in [1.29, 1.82) is 0 Å². The van der Waals surface area contributed by atoms with Crippen LogP contribution in [-0.4, -0.2) is 11.3 Å². The molecular formula is C9H10NO. The molecule has 1 aromatic heterocycles. The van der Waals surface area contributed by atoms with E-state index in [1.165, 1.54) is 5.56 Å². The monoisotopic (exact) mass is 148 g/mol. The zero-order valence-corrected chi connectivity index (χ0v) is 6.29. The molecule has 1 rings (SSSR count). The van der Waals surface area contributed by atoms with Gasteiger partial charge in [-0.25, -0.2) is 0 Å². The van der Waals surface area contributed by atoms with E-state index in [0.717, 1.165) is 12.8 Å². The zero-order valence-electron chi connectivity index (χ0n) is 6.29. The minimum atomic E-state index is 0.530. The molecule has 0 amide bonds. The van der Waals surface area contributed by atoms with E-state index in [9.17, 15) is 4.79 Å². The van der Waals surface area contributed by atoms with Crippen molar-refractivity contribution in [2.75, 3.05) is 0 Å². The quantitative estimate of drug-likeness (QED) is 0.606. The average Bonchev–Trinajstić information content (AvgIpc) is 2.07. The summed E-state index contributed by atoms with van der Waals surface area (Å²) in [7, 11) is 0. The third-order valence-electron chi connectivity index (χ3n) is 1.49. The molecule has 1 heterocycles. The van der Waals surface area contributed by atoms with Gasteiger partial charge in [0.2, 0.25) is 0 Å². The van der Waals surface area contributed by atoms with E-state index in [0.29, 0.717) is 6.42 Å². The van der Waals surface area contributed by atoms with Crippen molar-refractivity contribution in [1.82, 2.24) is 4.98 Å². The van der Waals surface area contributed by atoms with Crippen LogP contribution in [0.3, 0.4) is 0 Å². The molecular weight excluding hydrogens is 138 g/mol. The summed E-state index contributed by atoms with van der Waals surface area (Å²) in [5.41, 5.74) is 1.23. The van der Waals surface area contributed by atoms with Gasteiger partial charge in [0.05, 0.1) is 0 Å². The van der Waals surface area contributed by atoms with Crippen molar-refractivity contribution in [3.63, 3.8) is 0 Å². The SMILES string of the molecule is O=[C]CCCc1ccncc1. The predicted molar refractivity (Wildman–Crippen MR) is 42.9 cm³/mol. The van der Waals surface area contributed by atoms with Crippen molar-refractivity contribution in [3.05, 3.63) is 30.1 Å². The summed E-state index contributed by atoms with van der Waals surface area (Å²) in [4.78, 5) is 13.8. The highest BCUT2D eigenvalue weighted by Gasteiger charge is 1.90. The number of pyridine rings is 1. The van der Waals surface area contributed by atoms with Crippen molar-refractivity contribution >= 4 is 6.29 Å². The summed E-state index contributed by atoms with van der Waals surface area (Å²) >= 11 is 0. The fourth-order valence-corrected chi connectivity index (χ4v) is 0.914. The Kier molecular flexibility index (Phi) is 3.32. The third-order valence-corrected chi connectivity index (χ3v) is 1.49. The van der Waals surface area contributed by atoms with Gasteiger partial charge in [-0.15, -0.1) is 0 Å². The number of rotatable bonds is 4. The molecule has 2 nitrogen and oxygen atoms in total. The van der Waals surface area contributed by atoms with Crippen molar-refractivity contribution in [3.8, 4) is 0 Å². The number of carbonyl (C=O) groups excluding carboxylic acids is 1. The molecule has 0 N–H and O–H groups in total. The molecule has 0 aliphatic heterocycles. The molecule has 0 saturated heterocycles. The molecule has 0 fully saturated rings. The Morgan fingerprint density at radius 1 is 1.36 bits per heavy atom. The zero-order chi connectivity index (χ0) is 7.94. The molecule has 1 aromatic rings. The molecule has 11 heavy (non-hydrogen) atoms. The summed E-state index contributed by atoms with van der Waals surface area (Å²) in [6.07, 6.45) is 7.75. The fourth-order valence-electron chi connectivity index (χ4n) is 0.914. The average molecular weight is 148 g/mol. The second kappa shape index (κ2) is 4.61. The Labute approximate surface area is 66.3 Å². The van der Waals surface area contributed by atoms with Gasteiger partial charge in [-0.3, -0.25) is 9.78 Å². The van der Waals surface area contributed by atoms with Gasteiger partial charge >= 0.3 is 0 Å². The van der Waals surface area contributed by atoms with Crippen molar-refractivity contribution in [2.24, 2.45) is 0 Å². The highest BCUT2D eigenvalue weighted by atomic mass is 16.1. The lowest BCUT2D eigenvalue weighted by Crippen LogP contribution is -1.85. The normalized spacial score (nSPS) is 9.45. The van der Waals surface area contributed by atoms with Crippen LogP contribution in [-0.2, 0) is 11.2 Å². The maximum atomic E-state index is 9.86. The summed E-state index contributed by atoms with van der Waals surface area (Å²) < 4.78 is 0. The van der Waals surface area contributed by atoms with E-state index in [1.807, 2.05) is 18.4 Å². The van der Waals surface area contributed by atoms with Crippen LogP contribution in [0.15, 0.2) is 24.5 Å². The van der Waals surface area contributed by atoms with Crippen LogP contribution < -0.4 is 0 Å². The van der Waals surface area contributed by atoms with Crippen LogP contribution >= 0.6 is 0 Å². The number of nitrogens with zero attached hydrogens (tertiary/aromatic N) is 1. The number of aryl methyl sites for hydroxylation is 1.